The number of carbonyl (C=O) groups is 1. The second-order valence-electron chi connectivity index (χ2n) is 6.15. The Balaban J connectivity index is 2.00. The highest BCUT2D eigenvalue weighted by atomic mass is 16.5. The van der Waals surface area contributed by atoms with Crippen molar-refractivity contribution in [1.82, 2.24) is 9.78 Å². The fourth-order valence-electron chi connectivity index (χ4n) is 2.72. The highest BCUT2D eigenvalue weighted by Crippen LogP contribution is 2.19. The summed E-state index contributed by atoms with van der Waals surface area (Å²) in [5.41, 5.74) is 0.655. The molecule has 0 spiro atoms. The Kier molecular flexibility index (Phi) is 5.02. The van der Waals surface area contributed by atoms with Crippen LogP contribution in [0.15, 0.2) is 53.3 Å². The van der Waals surface area contributed by atoms with Gasteiger partial charge in [-0.15, -0.1) is 0 Å². The van der Waals surface area contributed by atoms with E-state index in [4.69, 9.17) is 4.74 Å². The number of ether oxygens (including phenoxy) is 1. The largest absolute Gasteiger partial charge is 0.494 e. The van der Waals surface area contributed by atoms with Gasteiger partial charge >= 0.3 is 0 Å². The Bertz CT molecular complexity index is 991. The predicted octanol–water partition coefficient (Wildman–Crippen LogP) is 3.63. The molecule has 0 radical (unpaired) electrons. The van der Waals surface area contributed by atoms with Crippen LogP contribution in [0.25, 0.3) is 10.8 Å². The Hall–Kier alpha value is -3.15. The fourth-order valence-corrected chi connectivity index (χ4v) is 2.72. The number of carbonyl (C=O) groups excluding carboxylic acids is 1. The van der Waals surface area contributed by atoms with Crippen LogP contribution in [0.3, 0.4) is 0 Å². The van der Waals surface area contributed by atoms with Gasteiger partial charge in [-0.05, 0) is 51.1 Å². The molecule has 1 heterocycles. The normalized spacial score (nSPS) is 10.9. The molecule has 0 saturated heterocycles. The predicted molar refractivity (Wildman–Crippen MR) is 102 cm³/mol. The van der Waals surface area contributed by atoms with E-state index < -0.39 is 0 Å². The molecule has 26 heavy (non-hydrogen) atoms. The van der Waals surface area contributed by atoms with Crippen molar-refractivity contribution in [2.45, 2.75) is 26.8 Å². The maximum Gasteiger partial charge on any atom is 0.276 e. The molecule has 2 aromatic carbocycles. The standard InChI is InChI=1S/C20H21N3O3/c1-4-26-15-11-9-14(10-12-15)21-19(24)18-16-7-5-6-8-17(16)20(25)23(22-18)13(2)3/h5-13H,4H2,1-3H3,(H,21,24). The van der Waals surface area contributed by atoms with Gasteiger partial charge in [-0.3, -0.25) is 9.59 Å². The van der Waals surface area contributed by atoms with Crippen LogP contribution in [0, 0.1) is 0 Å². The molecule has 3 rings (SSSR count). The number of hydrogen-bond donors (Lipinski definition) is 1. The summed E-state index contributed by atoms with van der Waals surface area (Å²) < 4.78 is 6.74. The lowest BCUT2D eigenvalue weighted by Crippen LogP contribution is -2.28. The maximum absolute atomic E-state index is 12.8. The fraction of sp³-hybridized carbons (Fsp3) is 0.250. The second-order valence-corrected chi connectivity index (χ2v) is 6.15. The minimum atomic E-state index is -0.361. The summed E-state index contributed by atoms with van der Waals surface area (Å²) >= 11 is 0. The summed E-state index contributed by atoms with van der Waals surface area (Å²) in [7, 11) is 0. The maximum atomic E-state index is 12.8. The topological polar surface area (TPSA) is 73.2 Å². The van der Waals surface area contributed by atoms with Crippen molar-refractivity contribution in [1.29, 1.82) is 0 Å². The van der Waals surface area contributed by atoms with Gasteiger partial charge in [0.15, 0.2) is 5.69 Å². The third kappa shape index (κ3) is 3.44. The van der Waals surface area contributed by atoms with E-state index >= 15 is 0 Å². The molecule has 1 aromatic heterocycles. The first kappa shape index (κ1) is 17.7. The molecule has 0 saturated carbocycles. The summed E-state index contributed by atoms with van der Waals surface area (Å²) in [5, 5.41) is 8.16. The summed E-state index contributed by atoms with van der Waals surface area (Å²) in [6.07, 6.45) is 0. The molecule has 0 atom stereocenters. The number of fused-ring (bicyclic) bond motifs is 1. The van der Waals surface area contributed by atoms with Gasteiger partial charge in [0.2, 0.25) is 0 Å². The Morgan fingerprint density at radius 2 is 1.77 bits per heavy atom. The lowest BCUT2D eigenvalue weighted by molar-refractivity contribution is 0.102. The minimum absolute atomic E-state index is 0.149. The first-order valence-electron chi connectivity index (χ1n) is 8.57. The van der Waals surface area contributed by atoms with Crippen molar-refractivity contribution in [2.75, 3.05) is 11.9 Å². The third-order valence-electron chi connectivity index (χ3n) is 3.96. The van der Waals surface area contributed by atoms with Gasteiger partial charge in [0, 0.05) is 11.1 Å². The molecule has 1 amide bonds. The molecule has 0 fully saturated rings. The molecule has 0 bridgehead atoms. The zero-order chi connectivity index (χ0) is 18.7. The minimum Gasteiger partial charge on any atom is -0.494 e. The van der Waals surface area contributed by atoms with E-state index in [-0.39, 0.29) is 23.2 Å². The van der Waals surface area contributed by atoms with E-state index in [1.54, 1.807) is 48.5 Å². The third-order valence-corrected chi connectivity index (χ3v) is 3.96. The smallest absolute Gasteiger partial charge is 0.276 e. The van der Waals surface area contributed by atoms with Crippen LogP contribution in [-0.4, -0.2) is 22.3 Å². The van der Waals surface area contributed by atoms with Gasteiger partial charge in [0.05, 0.1) is 18.0 Å². The van der Waals surface area contributed by atoms with Crippen molar-refractivity contribution in [3.8, 4) is 5.75 Å². The average Bonchev–Trinajstić information content (AvgIpc) is 2.63. The molecule has 6 nitrogen and oxygen atoms in total. The number of hydrogen-bond acceptors (Lipinski definition) is 4. The summed E-state index contributed by atoms with van der Waals surface area (Å²) in [4.78, 5) is 25.4. The van der Waals surface area contributed by atoms with E-state index in [2.05, 4.69) is 10.4 Å². The Morgan fingerprint density at radius 3 is 2.38 bits per heavy atom. The number of aromatic nitrogens is 2. The quantitative estimate of drug-likeness (QED) is 0.762. The highest BCUT2D eigenvalue weighted by molar-refractivity contribution is 6.11. The number of nitrogens with zero attached hydrogens (tertiary/aromatic N) is 2. The van der Waals surface area contributed by atoms with Gasteiger partial charge in [-0.1, -0.05) is 18.2 Å². The monoisotopic (exact) mass is 351 g/mol. The second kappa shape index (κ2) is 7.39. The average molecular weight is 351 g/mol. The number of nitrogens with one attached hydrogen (secondary N) is 1. The van der Waals surface area contributed by atoms with E-state index in [9.17, 15) is 9.59 Å². The van der Waals surface area contributed by atoms with Crippen LogP contribution in [0.2, 0.25) is 0 Å². The molecule has 6 heteroatoms. The highest BCUT2D eigenvalue weighted by Gasteiger charge is 2.18. The molecule has 1 N–H and O–H groups in total. The molecule has 0 aliphatic heterocycles. The molecule has 0 unspecified atom stereocenters. The molecular formula is C20H21N3O3. The van der Waals surface area contributed by atoms with Crippen molar-refractivity contribution in [2.24, 2.45) is 0 Å². The number of benzene rings is 2. The number of anilines is 1. The van der Waals surface area contributed by atoms with Gasteiger partial charge in [-0.25, -0.2) is 4.68 Å². The van der Waals surface area contributed by atoms with Crippen LogP contribution in [0.1, 0.15) is 37.3 Å². The molecular weight excluding hydrogens is 330 g/mol. The SMILES string of the molecule is CCOc1ccc(NC(=O)c2nn(C(C)C)c(=O)c3ccccc23)cc1. The zero-order valence-electron chi connectivity index (χ0n) is 15.0. The van der Waals surface area contributed by atoms with Crippen LogP contribution in [-0.2, 0) is 0 Å². The van der Waals surface area contributed by atoms with Crippen LogP contribution in [0.4, 0.5) is 5.69 Å². The van der Waals surface area contributed by atoms with Gasteiger partial charge in [0.1, 0.15) is 5.75 Å². The molecule has 0 aliphatic rings. The lowest BCUT2D eigenvalue weighted by atomic mass is 10.1. The van der Waals surface area contributed by atoms with E-state index in [1.807, 2.05) is 20.8 Å². The molecule has 3 aromatic rings. The van der Waals surface area contributed by atoms with Crippen LogP contribution >= 0.6 is 0 Å². The Labute approximate surface area is 151 Å². The van der Waals surface area contributed by atoms with Gasteiger partial charge < -0.3 is 10.1 Å². The molecule has 134 valence electrons. The van der Waals surface area contributed by atoms with E-state index in [0.717, 1.165) is 5.75 Å². The van der Waals surface area contributed by atoms with E-state index in [0.29, 0.717) is 23.1 Å². The summed E-state index contributed by atoms with van der Waals surface area (Å²) in [6.45, 7) is 6.21. The van der Waals surface area contributed by atoms with Crippen molar-refractivity contribution in [3.05, 3.63) is 64.6 Å². The van der Waals surface area contributed by atoms with E-state index in [1.165, 1.54) is 4.68 Å². The van der Waals surface area contributed by atoms with Gasteiger partial charge in [0.25, 0.3) is 11.5 Å². The zero-order valence-corrected chi connectivity index (χ0v) is 15.0. The number of rotatable bonds is 5. The number of amides is 1. The van der Waals surface area contributed by atoms with Crippen LogP contribution in [0.5, 0.6) is 5.75 Å². The summed E-state index contributed by atoms with van der Waals surface area (Å²) in [5.74, 6) is 0.377. The van der Waals surface area contributed by atoms with Crippen molar-refractivity contribution < 1.29 is 9.53 Å². The molecule has 0 aliphatic carbocycles. The Morgan fingerprint density at radius 1 is 1.12 bits per heavy atom. The first-order valence-corrected chi connectivity index (χ1v) is 8.57. The first-order chi connectivity index (χ1) is 12.5. The van der Waals surface area contributed by atoms with Crippen molar-refractivity contribution >= 4 is 22.4 Å². The lowest BCUT2D eigenvalue weighted by Gasteiger charge is -2.13. The van der Waals surface area contributed by atoms with Crippen molar-refractivity contribution in [3.63, 3.8) is 0 Å². The summed E-state index contributed by atoms with van der Waals surface area (Å²) in [6, 6.07) is 14.0. The van der Waals surface area contributed by atoms with Gasteiger partial charge in [-0.2, -0.15) is 5.10 Å². The van der Waals surface area contributed by atoms with Crippen LogP contribution < -0.4 is 15.6 Å².